The molecule has 0 aromatic heterocycles. The quantitative estimate of drug-likeness (QED) is 0.601. The number of amides is 1. The number of halogens is 3. The van der Waals surface area contributed by atoms with E-state index >= 15 is 0 Å². The minimum absolute atomic E-state index is 0.0129. The van der Waals surface area contributed by atoms with Gasteiger partial charge in [-0.05, 0) is 62.1 Å². The van der Waals surface area contributed by atoms with Gasteiger partial charge in [-0.15, -0.1) is 0 Å². The fourth-order valence-corrected chi connectivity index (χ4v) is 5.11. The van der Waals surface area contributed by atoms with Gasteiger partial charge in [-0.25, -0.2) is 0 Å². The molecular formula is C24H34F3N3O3. The lowest BCUT2D eigenvalue weighted by Crippen LogP contribution is -2.49. The molecule has 2 saturated heterocycles. The molecule has 2 N–H and O–H groups in total. The molecule has 2 heterocycles. The topological polar surface area (TPSA) is 67.2 Å². The van der Waals surface area contributed by atoms with Crippen LogP contribution in [0.5, 0.6) is 0 Å². The van der Waals surface area contributed by atoms with Crippen LogP contribution in [0.15, 0.2) is 24.3 Å². The molecule has 0 bridgehead atoms. The van der Waals surface area contributed by atoms with E-state index in [-0.39, 0.29) is 23.8 Å². The monoisotopic (exact) mass is 469 g/mol. The molecular weight excluding hydrogens is 435 g/mol. The highest BCUT2D eigenvalue weighted by Gasteiger charge is 2.51. The first-order chi connectivity index (χ1) is 15.7. The molecule has 1 amide bonds. The van der Waals surface area contributed by atoms with Crippen LogP contribution in [0.4, 0.5) is 18.9 Å². The predicted molar refractivity (Wildman–Crippen MR) is 119 cm³/mol. The number of hydrogen-bond acceptors (Lipinski definition) is 5. The predicted octanol–water partition coefficient (Wildman–Crippen LogP) is 3.08. The van der Waals surface area contributed by atoms with Crippen molar-refractivity contribution in [2.24, 2.45) is 5.41 Å². The maximum Gasteiger partial charge on any atom is 0.416 e. The molecule has 3 aliphatic rings. The average Bonchev–Trinajstić information content (AvgIpc) is 3.58. The molecule has 2 aliphatic heterocycles. The van der Waals surface area contributed by atoms with Gasteiger partial charge in [0.2, 0.25) is 5.91 Å². The van der Waals surface area contributed by atoms with E-state index in [9.17, 15) is 28.2 Å². The van der Waals surface area contributed by atoms with Gasteiger partial charge in [0.25, 0.3) is 0 Å². The van der Waals surface area contributed by atoms with Crippen molar-refractivity contribution in [3.8, 4) is 0 Å². The molecule has 3 fully saturated rings. The van der Waals surface area contributed by atoms with Crippen molar-refractivity contribution in [2.75, 3.05) is 44.2 Å². The first kappa shape index (κ1) is 24.3. The number of aliphatic hydroxyl groups is 2. The molecule has 1 aromatic rings. The summed E-state index contributed by atoms with van der Waals surface area (Å²) >= 11 is 0. The van der Waals surface area contributed by atoms with Crippen molar-refractivity contribution >= 4 is 11.6 Å². The third-order valence-electron chi connectivity index (χ3n) is 7.59. The molecule has 33 heavy (non-hydrogen) atoms. The van der Waals surface area contributed by atoms with Crippen molar-refractivity contribution in [3.63, 3.8) is 0 Å². The van der Waals surface area contributed by atoms with E-state index in [4.69, 9.17) is 0 Å². The molecule has 2 atom stereocenters. The van der Waals surface area contributed by atoms with Crippen LogP contribution in [0, 0.1) is 5.41 Å². The van der Waals surface area contributed by atoms with Gasteiger partial charge in [-0.2, -0.15) is 13.2 Å². The number of alkyl halides is 3. The van der Waals surface area contributed by atoms with Crippen molar-refractivity contribution < 1.29 is 28.2 Å². The average molecular weight is 470 g/mol. The van der Waals surface area contributed by atoms with Crippen LogP contribution in [-0.2, 0) is 11.0 Å². The Labute approximate surface area is 193 Å². The second-order valence-corrected chi connectivity index (χ2v) is 9.77. The lowest BCUT2D eigenvalue weighted by molar-refractivity contribution is -0.137. The van der Waals surface area contributed by atoms with E-state index in [2.05, 4.69) is 0 Å². The second kappa shape index (κ2) is 9.80. The fourth-order valence-electron chi connectivity index (χ4n) is 5.11. The number of unbranched alkanes of at least 4 members (excludes halogenated alkanes) is 1. The smallest absolute Gasteiger partial charge is 0.391 e. The van der Waals surface area contributed by atoms with Crippen molar-refractivity contribution in [1.29, 1.82) is 0 Å². The first-order valence-corrected chi connectivity index (χ1v) is 12.0. The Morgan fingerprint density at radius 3 is 2.58 bits per heavy atom. The fraction of sp³-hybridized carbons (Fsp3) is 0.708. The van der Waals surface area contributed by atoms with Crippen LogP contribution in [0.25, 0.3) is 0 Å². The molecule has 4 rings (SSSR count). The maximum atomic E-state index is 13.0. The number of piperidine rings is 1. The standard InChI is InChI=1S/C24H34F3N3O3/c25-24(26,27)18-4-3-5-19(16-18)28-12-7-22(33)29(15-14-28)11-2-1-6-21(32)30-13-10-23(8-9-23)20(31)17-30/h3-5,16,20-21,31-32H,1-2,6-15,17H2/t20-,21?/m1/s1. The molecule has 1 saturated carbocycles. The van der Waals surface area contributed by atoms with Gasteiger partial charge in [-0.3, -0.25) is 9.69 Å². The van der Waals surface area contributed by atoms with E-state index in [1.165, 1.54) is 6.07 Å². The summed E-state index contributed by atoms with van der Waals surface area (Å²) in [4.78, 5) is 18.1. The van der Waals surface area contributed by atoms with E-state index < -0.39 is 18.0 Å². The number of aliphatic hydroxyl groups excluding tert-OH is 2. The summed E-state index contributed by atoms with van der Waals surface area (Å²) < 4.78 is 39.1. The normalized spacial score (nSPS) is 24.8. The van der Waals surface area contributed by atoms with E-state index in [1.807, 2.05) is 9.80 Å². The molecule has 1 unspecified atom stereocenters. The lowest BCUT2D eigenvalue weighted by atomic mass is 9.90. The van der Waals surface area contributed by atoms with Crippen molar-refractivity contribution in [1.82, 2.24) is 9.80 Å². The minimum Gasteiger partial charge on any atom is -0.391 e. The summed E-state index contributed by atoms with van der Waals surface area (Å²) in [5.74, 6) is 0.0129. The van der Waals surface area contributed by atoms with Gasteiger partial charge in [0.05, 0.1) is 11.7 Å². The summed E-state index contributed by atoms with van der Waals surface area (Å²) in [5, 5.41) is 20.8. The summed E-state index contributed by atoms with van der Waals surface area (Å²) in [5.41, 5.74) is -0.0792. The minimum atomic E-state index is -4.39. The third kappa shape index (κ3) is 5.81. The number of benzene rings is 1. The summed E-state index contributed by atoms with van der Waals surface area (Å²) in [7, 11) is 0. The highest BCUT2D eigenvalue weighted by atomic mass is 19.4. The van der Waals surface area contributed by atoms with Crippen LogP contribution >= 0.6 is 0 Å². The van der Waals surface area contributed by atoms with Crippen LogP contribution in [0.1, 0.15) is 50.5 Å². The molecule has 1 aromatic carbocycles. The Morgan fingerprint density at radius 1 is 1.09 bits per heavy atom. The number of carbonyl (C=O) groups is 1. The zero-order valence-electron chi connectivity index (χ0n) is 18.9. The number of anilines is 1. The van der Waals surface area contributed by atoms with Crippen molar-refractivity contribution in [2.45, 2.75) is 63.5 Å². The zero-order chi connectivity index (χ0) is 23.6. The van der Waals surface area contributed by atoms with Crippen LogP contribution in [0.3, 0.4) is 0 Å². The Hall–Kier alpha value is -1.84. The zero-order valence-corrected chi connectivity index (χ0v) is 18.9. The molecule has 184 valence electrons. The van der Waals surface area contributed by atoms with Gasteiger partial charge in [0.1, 0.15) is 6.23 Å². The SMILES string of the molecule is O=C1CCN(c2cccc(C(F)(F)F)c2)CCN1CCCCC(O)N1CCC2(CC2)[C@H](O)C1. The summed E-state index contributed by atoms with van der Waals surface area (Å²) in [6.07, 6.45) is 0.190. The molecule has 1 spiro atoms. The Balaban J connectivity index is 1.21. The Bertz CT molecular complexity index is 831. The number of hydrogen-bond donors (Lipinski definition) is 2. The highest BCUT2D eigenvalue weighted by molar-refractivity contribution is 5.77. The Kier molecular flexibility index (Phi) is 7.21. The third-order valence-corrected chi connectivity index (χ3v) is 7.59. The molecule has 6 nitrogen and oxygen atoms in total. The van der Waals surface area contributed by atoms with Gasteiger partial charge in [0.15, 0.2) is 0 Å². The summed E-state index contributed by atoms with van der Waals surface area (Å²) in [6.45, 7) is 3.27. The number of nitrogens with zero attached hydrogens (tertiary/aromatic N) is 3. The van der Waals surface area contributed by atoms with Gasteiger partial charge >= 0.3 is 6.18 Å². The number of rotatable bonds is 7. The van der Waals surface area contributed by atoms with E-state index in [0.29, 0.717) is 44.8 Å². The molecule has 9 heteroatoms. The molecule has 0 radical (unpaired) electrons. The van der Waals surface area contributed by atoms with Gasteiger partial charge in [0, 0.05) is 51.4 Å². The highest BCUT2D eigenvalue weighted by Crippen LogP contribution is 2.53. The Morgan fingerprint density at radius 2 is 1.88 bits per heavy atom. The largest absolute Gasteiger partial charge is 0.416 e. The molecule has 1 aliphatic carbocycles. The van der Waals surface area contributed by atoms with Crippen LogP contribution in [0.2, 0.25) is 0 Å². The van der Waals surface area contributed by atoms with Crippen molar-refractivity contribution in [3.05, 3.63) is 29.8 Å². The van der Waals surface area contributed by atoms with E-state index in [1.54, 1.807) is 11.0 Å². The summed E-state index contributed by atoms with van der Waals surface area (Å²) in [6, 6.07) is 5.25. The first-order valence-electron chi connectivity index (χ1n) is 12.0. The second-order valence-electron chi connectivity index (χ2n) is 9.77. The van der Waals surface area contributed by atoms with Gasteiger partial charge in [-0.1, -0.05) is 6.07 Å². The van der Waals surface area contributed by atoms with Crippen LogP contribution in [-0.4, -0.2) is 77.5 Å². The maximum absolute atomic E-state index is 13.0. The lowest BCUT2D eigenvalue weighted by Gasteiger charge is -2.38. The number of likely N-dealkylation sites (tertiary alicyclic amines) is 1. The number of carbonyl (C=O) groups excluding carboxylic acids is 1. The van der Waals surface area contributed by atoms with Crippen LogP contribution < -0.4 is 4.90 Å². The number of β-amino-alcohol motifs (C(OH)–C–C–N with tert-alkyl or cyclic N) is 1. The van der Waals surface area contributed by atoms with E-state index in [0.717, 1.165) is 50.8 Å². The van der Waals surface area contributed by atoms with Gasteiger partial charge < -0.3 is 20.0 Å².